The molecule has 2 N–H and O–H groups in total. The first-order chi connectivity index (χ1) is 16.7. The van der Waals surface area contributed by atoms with Crippen LogP contribution in [0.25, 0.3) is 0 Å². The van der Waals surface area contributed by atoms with E-state index < -0.39 is 11.8 Å². The molecule has 0 aliphatic rings. The highest BCUT2D eigenvalue weighted by molar-refractivity contribution is 5.99. The van der Waals surface area contributed by atoms with Crippen molar-refractivity contribution in [2.75, 3.05) is 53.4 Å². The van der Waals surface area contributed by atoms with Crippen molar-refractivity contribution in [3.63, 3.8) is 0 Å². The number of methoxy groups -OCH3 is 4. The van der Waals surface area contributed by atoms with Crippen molar-refractivity contribution >= 4 is 23.4 Å². The van der Waals surface area contributed by atoms with Gasteiger partial charge < -0.3 is 34.5 Å². The monoisotopic (exact) mass is 487 g/mol. The first-order valence-electron chi connectivity index (χ1n) is 11.0. The van der Waals surface area contributed by atoms with E-state index in [0.29, 0.717) is 35.2 Å². The van der Waals surface area contributed by atoms with Gasteiger partial charge in [0.2, 0.25) is 17.6 Å². The molecule has 0 unspecified atom stereocenters. The van der Waals surface area contributed by atoms with Gasteiger partial charge in [0.15, 0.2) is 11.5 Å². The Balaban J connectivity index is 2.07. The van der Waals surface area contributed by atoms with Crippen molar-refractivity contribution in [2.45, 2.75) is 13.8 Å². The number of benzene rings is 2. The van der Waals surface area contributed by atoms with Crippen molar-refractivity contribution in [1.82, 2.24) is 10.2 Å². The summed E-state index contributed by atoms with van der Waals surface area (Å²) in [5.41, 5.74) is 0.856. The van der Waals surface area contributed by atoms with Crippen LogP contribution < -0.4 is 29.6 Å². The third-order valence-electron chi connectivity index (χ3n) is 4.94. The number of anilines is 1. The van der Waals surface area contributed by atoms with Gasteiger partial charge in [0.1, 0.15) is 5.75 Å². The fraction of sp³-hybridized carbons (Fsp3) is 0.400. The fourth-order valence-electron chi connectivity index (χ4n) is 3.33. The second-order valence-corrected chi connectivity index (χ2v) is 8.05. The Morgan fingerprint density at radius 2 is 1.46 bits per heavy atom. The predicted molar refractivity (Wildman–Crippen MR) is 131 cm³/mol. The van der Waals surface area contributed by atoms with Gasteiger partial charge in [-0.3, -0.25) is 14.4 Å². The van der Waals surface area contributed by atoms with Crippen LogP contribution >= 0.6 is 0 Å². The Hall–Kier alpha value is -3.95. The molecule has 0 saturated heterocycles. The van der Waals surface area contributed by atoms with Gasteiger partial charge in [-0.15, -0.1) is 0 Å². The molecule has 0 heterocycles. The smallest absolute Gasteiger partial charge is 0.254 e. The highest BCUT2D eigenvalue weighted by Gasteiger charge is 2.24. The molecular formula is C25H33N3O7. The number of hydrogen-bond acceptors (Lipinski definition) is 7. The van der Waals surface area contributed by atoms with Crippen molar-refractivity contribution in [2.24, 2.45) is 5.92 Å². The maximum absolute atomic E-state index is 13.3. The van der Waals surface area contributed by atoms with Gasteiger partial charge >= 0.3 is 0 Å². The zero-order valence-electron chi connectivity index (χ0n) is 21.0. The van der Waals surface area contributed by atoms with E-state index in [1.807, 2.05) is 13.8 Å². The van der Waals surface area contributed by atoms with Crippen molar-refractivity contribution in [3.8, 4) is 23.0 Å². The standard InChI is InChI=1S/C25H33N3O7/c1-16(2)14-28(25(31)17-11-20(33-4)24(35-6)21(12-17)34-5)15-23(30)26-13-22(29)27-18-7-9-19(32-3)10-8-18/h7-12,16H,13-15H2,1-6H3,(H,26,30)(H,27,29). The SMILES string of the molecule is COc1ccc(NC(=O)CNC(=O)CN(CC(C)C)C(=O)c2cc(OC)c(OC)c(OC)c2)cc1. The van der Waals surface area contributed by atoms with Gasteiger partial charge in [0.05, 0.1) is 41.5 Å². The first kappa shape index (κ1) is 27.3. The minimum Gasteiger partial charge on any atom is -0.497 e. The van der Waals surface area contributed by atoms with Crippen LogP contribution in [0.2, 0.25) is 0 Å². The van der Waals surface area contributed by atoms with Crippen molar-refractivity contribution < 1.29 is 33.3 Å². The van der Waals surface area contributed by atoms with Gasteiger partial charge in [-0.1, -0.05) is 13.8 Å². The highest BCUT2D eigenvalue weighted by atomic mass is 16.5. The zero-order valence-corrected chi connectivity index (χ0v) is 21.0. The summed E-state index contributed by atoms with van der Waals surface area (Å²) in [4.78, 5) is 39.5. The van der Waals surface area contributed by atoms with Crippen LogP contribution in [0.3, 0.4) is 0 Å². The number of carbonyl (C=O) groups excluding carboxylic acids is 3. The van der Waals surface area contributed by atoms with Crippen LogP contribution in [-0.4, -0.2) is 70.7 Å². The fourth-order valence-corrected chi connectivity index (χ4v) is 3.33. The maximum atomic E-state index is 13.3. The second kappa shape index (κ2) is 13.1. The third-order valence-corrected chi connectivity index (χ3v) is 4.94. The number of rotatable bonds is 12. The van der Waals surface area contributed by atoms with E-state index in [4.69, 9.17) is 18.9 Å². The first-order valence-corrected chi connectivity index (χ1v) is 11.0. The molecule has 0 aliphatic carbocycles. The van der Waals surface area contributed by atoms with Crippen molar-refractivity contribution in [3.05, 3.63) is 42.0 Å². The molecule has 10 nitrogen and oxygen atoms in total. The van der Waals surface area contributed by atoms with Crippen LogP contribution in [-0.2, 0) is 9.59 Å². The van der Waals surface area contributed by atoms with Crippen LogP contribution in [0, 0.1) is 5.92 Å². The van der Waals surface area contributed by atoms with Gasteiger partial charge in [0, 0.05) is 17.8 Å². The zero-order chi connectivity index (χ0) is 26.0. The quantitative estimate of drug-likeness (QED) is 0.473. The van der Waals surface area contributed by atoms with Crippen LogP contribution in [0.1, 0.15) is 24.2 Å². The summed E-state index contributed by atoms with van der Waals surface area (Å²) in [6.45, 7) is 3.76. The largest absolute Gasteiger partial charge is 0.497 e. The molecule has 0 saturated carbocycles. The van der Waals surface area contributed by atoms with E-state index in [1.165, 1.54) is 38.4 Å². The lowest BCUT2D eigenvalue weighted by molar-refractivity contribution is -0.124. The molecule has 3 amide bonds. The third kappa shape index (κ3) is 7.80. The molecule has 0 fully saturated rings. The minimum atomic E-state index is -0.462. The average molecular weight is 488 g/mol. The van der Waals surface area contributed by atoms with Crippen LogP contribution in [0.4, 0.5) is 5.69 Å². The molecule has 2 aromatic rings. The Bertz CT molecular complexity index is 997. The summed E-state index contributed by atoms with van der Waals surface area (Å²) in [5.74, 6) is 0.564. The van der Waals surface area contributed by atoms with E-state index in [2.05, 4.69) is 10.6 Å². The number of nitrogens with one attached hydrogen (secondary N) is 2. The summed E-state index contributed by atoms with van der Waals surface area (Å²) in [7, 11) is 5.95. The number of nitrogens with zero attached hydrogens (tertiary/aromatic N) is 1. The summed E-state index contributed by atoms with van der Waals surface area (Å²) in [6.07, 6.45) is 0. The van der Waals surface area contributed by atoms with E-state index in [1.54, 1.807) is 31.4 Å². The lowest BCUT2D eigenvalue weighted by atomic mass is 10.1. The molecule has 0 atom stereocenters. The summed E-state index contributed by atoms with van der Waals surface area (Å²) in [5, 5.41) is 5.25. The number of hydrogen-bond donors (Lipinski definition) is 2. The average Bonchev–Trinajstić information content (AvgIpc) is 2.85. The lowest BCUT2D eigenvalue weighted by Gasteiger charge is -2.25. The summed E-state index contributed by atoms with van der Waals surface area (Å²) >= 11 is 0. The Morgan fingerprint density at radius 1 is 0.857 bits per heavy atom. The molecule has 10 heteroatoms. The topological polar surface area (TPSA) is 115 Å². The van der Waals surface area contributed by atoms with E-state index in [-0.39, 0.29) is 30.5 Å². The van der Waals surface area contributed by atoms with Crippen molar-refractivity contribution in [1.29, 1.82) is 0 Å². The molecular weight excluding hydrogens is 454 g/mol. The normalized spacial score (nSPS) is 10.4. The maximum Gasteiger partial charge on any atom is 0.254 e. The van der Waals surface area contributed by atoms with Crippen LogP contribution in [0.15, 0.2) is 36.4 Å². The van der Waals surface area contributed by atoms with Gasteiger partial charge in [-0.2, -0.15) is 0 Å². The molecule has 35 heavy (non-hydrogen) atoms. The lowest BCUT2D eigenvalue weighted by Crippen LogP contribution is -2.44. The second-order valence-electron chi connectivity index (χ2n) is 8.05. The Labute approximate surface area is 205 Å². The molecule has 2 rings (SSSR count). The summed E-state index contributed by atoms with van der Waals surface area (Å²) < 4.78 is 21.1. The highest BCUT2D eigenvalue weighted by Crippen LogP contribution is 2.38. The Kier molecular flexibility index (Phi) is 10.2. The predicted octanol–water partition coefficient (Wildman–Crippen LogP) is 2.57. The number of amides is 3. The molecule has 0 aliphatic heterocycles. The van der Waals surface area contributed by atoms with E-state index >= 15 is 0 Å². The van der Waals surface area contributed by atoms with Gasteiger partial charge in [0.25, 0.3) is 5.91 Å². The molecule has 2 aromatic carbocycles. The number of ether oxygens (including phenoxy) is 4. The molecule has 0 radical (unpaired) electrons. The molecule has 0 aromatic heterocycles. The van der Waals surface area contributed by atoms with Gasteiger partial charge in [-0.05, 0) is 42.3 Å². The molecule has 0 bridgehead atoms. The van der Waals surface area contributed by atoms with Crippen LogP contribution in [0.5, 0.6) is 23.0 Å². The number of carbonyl (C=O) groups is 3. The van der Waals surface area contributed by atoms with Gasteiger partial charge in [-0.25, -0.2) is 0 Å². The summed E-state index contributed by atoms with van der Waals surface area (Å²) in [6, 6.07) is 9.89. The van der Waals surface area contributed by atoms with E-state index in [9.17, 15) is 14.4 Å². The van der Waals surface area contributed by atoms with E-state index in [0.717, 1.165) is 0 Å². The molecule has 0 spiro atoms. The molecule has 190 valence electrons. The minimum absolute atomic E-state index is 0.104. The Morgan fingerprint density at radius 3 is 1.94 bits per heavy atom.